The molecule has 2 amide bonds. The van der Waals surface area contributed by atoms with E-state index in [0.29, 0.717) is 19.0 Å². The summed E-state index contributed by atoms with van der Waals surface area (Å²) in [5, 5.41) is 6.73. The number of urea groups is 1. The summed E-state index contributed by atoms with van der Waals surface area (Å²) in [6.45, 7) is 5.08. The Hall–Kier alpha value is -3.14. The Morgan fingerprint density at radius 2 is 1.75 bits per heavy atom. The van der Waals surface area contributed by atoms with E-state index in [1.807, 2.05) is 36.1 Å². The van der Waals surface area contributed by atoms with Gasteiger partial charge in [-0.15, -0.1) is 0 Å². The molecule has 1 saturated carbocycles. The van der Waals surface area contributed by atoms with Crippen molar-refractivity contribution < 1.29 is 4.79 Å². The predicted octanol–water partition coefficient (Wildman–Crippen LogP) is 6.94. The summed E-state index contributed by atoms with van der Waals surface area (Å²) in [6.07, 6.45) is 12.2. The van der Waals surface area contributed by atoms with Crippen molar-refractivity contribution in [2.24, 2.45) is 11.0 Å². The number of rotatable bonds is 6. The number of benzene rings is 2. The summed E-state index contributed by atoms with van der Waals surface area (Å²) < 4.78 is 0. The minimum Gasteiger partial charge on any atom is -0.288 e. The summed E-state index contributed by atoms with van der Waals surface area (Å²) >= 11 is 0. The quantitative estimate of drug-likeness (QED) is 0.460. The fraction of sp³-hybridized carbons (Fsp3) is 0.357. The first-order valence-corrected chi connectivity index (χ1v) is 11.8. The van der Waals surface area contributed by atoms with E-state index in [2.05, 4.69) is 55.5 Å². The summed E-state index contributed by atoms with van der Waals surface area (Å²) in [5.74, 6) is 0.400. The monoisotopic (exact) mass is 427 g/mol. The third-order valence-electron chi connectivity index (χ3n) is 6.44. The van der Waals surface area contributed by atoms with E-state index in [0.717, 1.165) is 35.4 Å². The van der Waals surface area contributed by atoms with Gasteiger partial charge >= 0.3 is 6.03 Å². The maximum Gasteiger partial charge on any atom is 0.345 e. The van der Waals surface area contributed by atoms with Gasteiger partial charge in [0.15, 0.2) is 0 Å². The molecule has 0 atom stereocenters. The van der Waals surface area contributed by atoms with Gasteiger partial charge in [0.05, 0.1) is 17.9 Å². The van der Waals surface area contributed by atoms with Gasteiger partial charge in [-0.3, -0.25) is 4.90 Å². The molecule has 0 unspecified atom stereocenters. The lowest BCUT2D eigenvalue weighted by molar-refractivity contribution is 0.205. The van der Waals surface area contributed by atoms with E-state index >= 15 is 0 Å². The molecule has 32 heavy (non-hydrogen) atoms. The Kier molecular flexibility index (Phi) is 7.21. The molecule has 4 rings (SSSR count). The molecule has 1 heterocycles. The van der Waals surface area contributed by atoms with Crippen LogP contribution >= 0.6 is 0 Å². The Balaban J connectivity index is 1.75. The van der Waals surface area contributed by atoms with Crippen LogP contribution in [0.4, 0.5) is 10.5 Å². The molecule has 0 spiro atoms. The minimum atomic E-state index is -0.0742. The highest BCUT2D eigenvalue weighted by Gasteiger charge is 2.32. The van der Waals surface area contributed by atoms with Gasteiger partial charge in [-0.25, -0.2) is 9.80 Å². The van der Waals surface area contributed by atoms with E-state index in [4.69, 9.17) is 5.10 Å². The Bertz CT molecular complexity index is 1020. The summed E-state index contributed by atoms with van der Waals surface area (Å²) in [6, 6.07) is 18.3. The molecule has 0 radical (unpaired) electrons. The Morgan fingerprint density at radius 1 is 1.03 bits per heavy atom. The molecule has 1 aliphatic carbocycles. The molecule has 4 heteroatoms. The van der Waals surface area contributed by atoms with Crippen LogP contribution < -0.4 is 4.90 Å². The number of fused-ring (bicyclic) bond motifs is 1. The van der Waals surface area contributed by atoms with Gasteiger partial charge < -0.3 is 0 Å². The molecule has 4 nitrogen and oxygen atoms in total. The average Bonchev–Trinajstić information content (AvgIpc) is 2.95. The van der Waals surface area contributed by atoms with Crippen molar-refractivity contribution in [1.29, 1.82) is 0 Å². The normalized spacial score (nSPS) is 18.0. The third kappa shape index (κ3) is 5.01. The fourth-order valence-electron chi connectivity index (χ4n) is 4.55. The molecular formula is C28H33N3O. The first kappa shape index (κ1) is 22.1. The number of carbonyl (C=O) groups is 1. The minimum absolute atomic E-state index is 0.0742. The largest absolute Gasteiger partial charge is 0.345 e. The number of hydrogen-bond acceptors (Lipinski definition) is 2. The third-order valence-corrected chi connectivity index (χ3v) is 6.44. The molecule has 166 valence electrons. The van der Waals surface area contributed by atoms with Crippen LogP contribution in [0.1, 0.15) is 57.1 Å². The van der Waals surface area contributed by atoms with Crippen molar-refractivity contribution in [1.82, 2.24) is 5.01 Å². The first-order valence-electron chi connectivity index (χ1n) is 11.8. The van der Waals surface area contributed by atoms with Crippen LogP contribution in [0, 0.1) is 5.92 Å². The first-order chi connectivity index (χ1) is 15.7. The second-order valence-electron chi connectivity index (χ2n) is 8.71. The maximum absolute atomic E-state index is 13.8. The van der Waals surface area contributed by atoms with Crippen molar-refractivity contribution >= 4 is 17.4 Å². The van der Waals surface area contributed by atoms with Gasteiger partial charge in [0.2, 0.25) is 0 Å². The maximum atomic E-state index is 13.8. The average molecular weight is 428 g/mol. The summed E-state index contributed by atoms with van der Waals surface area (Å²) in [4.78, 5) is 15.7. The van der Waals surface area contributed by atoms with Gasteiger partial charge in [0.25, 0.3) is 0 Å². The van der Waals surface area contributed by atoms with Gasteiger partial charge in [-0.2, -0.15) is 5.10 Å². The van der Waals surface area contributed by atoms with Crippen LogP contribution in [0.5, 0.6) is 0 Å². The topological polar surface area (TPSA) is 35.9 Å². The highest BCUT2D eigenvalue weighted by Crippen LogP contribution is 2.34. The summed E-state index contributed by atoms with van der Waals surface area (Å²) in [5.41, 5.74) is 5.39. The predicted molar refractivity (Wildman–Crippen MR) is 133 cm³/mol. The standard InChI is InChI=1S/C28H33N3O/c1-3-22(2)13-12-20-30-26-19-11-10-18-25(26)27(24-16-8-5-9-17-24)29-31(28(30)32)21-23-14-6-4-7-15-23/h3-4,6-7,10-15,18-19,24H,5,8-9,16-17,20-21H2,1-2H3/b13-12-,22-3-. The molecule has 0 aromatic heterocycles. The lowest BCUT2D eigenvalue weighted by Gasteiger charge is -2.25. The molecule has 0 saturated heterocycles. The Morgan fingerprint density at radius 3 is 2.50 bits per heavy atom. The van der Waals surface area contributed by atoms with Crippen molar-refractivity contribution in [2.45, 2.75) is 52.5 Å². The highest BCUT2D eigenvalue weighted by molar-refractivity contribution is 6.11. The van der Waals surface area contributed by atoms with Gasteiger partial charge in [0.1, 0.15) is 0 Å². The van der Waals surface area contributed by atoms with Crippen molar-refractivity contribution in [3.05, 3.63) is 89.5 Å². The zero-order valence-corrected chi connectivity index (χ0v) is 19.2. The highest BCUT2D eigenvalue weighted by atomic mass is 16.2. The van der Waals surface area contributed by atoms with Gasteiger partial charge in [-0.05, 0) is 38.3 Å². The number of amides is 2. The SMILES string of the molecule is C/C=C(C)\C=C/CN1C(=O)N(Cc2ccccc2)N=C(C2CCCCC2)c2ccccc21. The summed E-state index contributed by atoms with van der Waals surface area (Å²) in [7, 11) is 0. The molecule has 2 aromatic rings. The lowest BCUT2D eigenvalue weighted by atomic mass is 9.83. The Labute approximate surface area is 191 Å². The van der Waals surface area contributed by atoms with E-state index in [1.54, 1.807) is 5.01 Å². The smallest absolute Gasteiger partial charge is 0.288 e. The van der Waals surface area contributed by atoms with Crippen LogP contribution in [0.2, 0.25) is 0 Å². The zero-order chi connectivity index (χ0) is 22.3. The molecule has 1 aliphatic heterocycles. The molecule has 1 fully saturated rings. The van der Waals surface area contributed by atoms with E-state index < -0.39 is 0 Å². The zero-order valence-electron chi connectivity index (χ0n) is 19.2. The van der Waals surface area contributed by atoms with Crippen LogP contribution in [0.3, 0.4) is 0 Å². The van der Waals surface area contributed by atoms with Crippen LogP contribution in [0.15, 0.2) is 83.5 Å². The number of hydrazone groups is 1. The lowest BCUT2D eigenvalue weighted by Crippen LogP contribution is -2.40. The number of para-hydroxylation sites is 1. The molecular weight excluding hydrogens is 394 g/mol. The number of hydrogen-bond donors (Lipinski definition) is 0. The number of anilines is 1. The molecule has 0 bridgehead atoms. The molecule has 2 aliphatic rings. The van der Waals surface area contributed by atoms with Crippen LogP contribution in [0.25, 0.3) is 0 Å². The van der Waals surface area contributed by atoms with E-state index in [1.165, 1.54) is 24.8 Å². The second kappa shape index (κ2) is 10.4. The second-order valence-corrected chi connectivity index (χ2v) is 8.71. The van der Waals surface area contributed by atoms with Crippen molar-refractivity contribution in [3.8, 4) is 0 Å². The van der Waals surface area contributed by atoms with Gasteiger partial charge in [0, 0.05) is 18.0 Å². The number of allylic oxidation sites excluding steroid dienone is 3. The molecule has 2 aromatic carbocycles. The van der Waals surface area contributed by atoms with Crippen molar-refractivity contribution in [3.63, 3.8) is 0 Å². The number of nitrogens with zero attached hydrogens (tertiary/aromatic N) is 3. The van der Waals surface area contributed by atoms with Crippen molar-refractivity contribution in [2.75, 3.05) is 11.4 Å². The van der Waals surface area contributed by atoms with Crippen LogP contribution in [-0.4, -0.2) is 23.3 Å². The van der Waals surface area contributed by atoms with Crippen LogP contribution in [-0.2, 0) is 6.54 Å². The fourth-order valence-corrected chi connectivity index (χ4v) is 4.55. The van der Waals surface area contributed by atoms with E-state index in [-0.39, 0.29) is 6.03 Å². The van der Waals surface area contributed by atoms with E-state index in [9.17, 15) is 4.79 Å². The number of carbonyl (C=O) groups excluding carboxylic acids is 1. The molecule has 0 N–H and O–H groups in total. The van der Waals surface area contributed by atoms with Gasteiger partial charge in [-0.1, -0.05) is 91.6 Å².